The van der Waals surface area contributed by atoms with Gasteiger partial charge >= 0.3 is 0 Å². The van der Waals surface area contributed by atoms with Crippen molar-refractivity contribution >= 4 is 46.3 Å². The molecule has 0 spiro atoms. The maximum absolute atomic E-state index is 12.7. The van der Waals surface area contributed by atoms with Gasteiger partial charge in [0.1, 0.15) is 5.82 Å². The minimum absolute atomic E-state index is 0.152. The predicted molar refractivity (Wildman–Crippen MR) is 128 cm³/mol. The van der Waals surface area contributed by atoms with Gasteiger partial charge in [-0.05, 0) is 35.7 Å². The van der Waals surface area contributed by atoms with Crippen molar-refractivity contribution in [2.24, 2.45) is 7.05 Å². The average molecular weight is 464 g/mol. The number of rotatable bonds is 8. The van der Waals surface area contributed by atoms with Crippen LogP contribution in [-0.4, -0.2) is 32.3 Å². The van der Waals surface area contributed by atoms with Gasteiger partial charge < -0.3 is 15.2 Å². The van der Waals surface area contributed by atoms with Gasteiger partial charge in [0.05, 0.1) is 17.0 Å². The lowest BCUT2D eigenvalue weighted by atomic mass is 10.1. The third kappa shape index (κ3) is 5.43. The van der Waals surface area contributed by atoms with E-state index in [9.17, 15) is 9.59 Å². The second-order valence-corrected chi connectivity index (χ2v) is 8.89. The third-order valence-electron chi connectivity index (χ3n) is 4.65. The Morgan fingerprint density at radius 2 is 1.75 bits per heavy atom. The van der Waals surface area contributed by atoms with Crippen LogP contribution < -0.4 is 10.6 Å². The van der Waals surface area contributed by atoms with E-state index in [4.69, 9.17) is 0 Å². The second kappa shape index (κ2) is 10.3. The molecule has 162 valence electrons. The van der Waals surface area contributed by atoms with Gasteiger partial charge in [-0.1, -0.05) is 48.2 Å². The van der Waals surface area contributed by atoms with Gasteiger partial charge in [0.2, 0.25) is 5.91 Å². The van der Waals surface area contributed by atoms with Crippen LogP contribution >= 0.6 is 23.1 Å². The Kier molecular flexibility index (Phi) is 6.98. The van der Waals surface area contributed by atoms with E-state index in [1.807, 2.05) is 53.4 Å². The maximum atomic E-state index is 12.7. The summed E-state index contributed by atoms with van der Waals surface area (Å²) in [6.45, 7) is 0. The number of benzene rings is 2. The number of thioether (sulfide) groups is 1. The number of hydrogen-bond donors (Lipinski definition) is 2. The lowest BCUT2D eigenvalue weighted by molar-refractivity contribution is -0.113. The molecule has 2 amide bonds. The van der Waals surface area contributed by atoms with E-state index in [1.54, 1.807) is 35.6 Å². The third-order valence-corrected chi connectivity index (χ3v) is 6.54. The highest BCUT2D eigenvalue weighted by Crippen LogP contribution is 2.21. The molecule has 2 N–H and O–H groups in total. The van der Waals surface area contributed by atoms with Crippen LogP contribution in [0.4, 0.5) is 11.4 Å². The Bertz CT molecular complexity index is 1210. The van der Waals surface area contributed by atoms with E-state index < -0.39 is 0 Å². The van der Waals surface area contributed by atoms with E-state index >= 15 is 0 Å². The van der Waals surface area contributed by atoms with Gasteiger partial charge in [0.25, 0.3) is 5.91 Å². The first-order chi connectivity index (χ1) is 15.6. The summed E-state index contributed by atoms with van der Waals surface area (Å²) in [6.07, 6.45) is 0.706. The van der Waals surface area contributed by atoms with Gasteiger partial charge in [-0.3, -0.25) is 9.59 Å². The van der Waals surface area contributed by atoms with Crippen LogP contribution in [0.1, 0.15) is 21.1 Å². The number of nitrogens with one attached hydrogen (secondary N) is 2. The Balaban J connectivity index is 1.37. The summed E-state index contributed by atoms with van der Waals surface area (Å²) >= 11 is 2.98. The fourth-order valence-corrected chi connectivity index (χ4v) is 4.45. The van der Waals surface area contributed by atoms with Crippen molar-refractivity contribution in [3.8, 4) is 0 Å². The Hall–Kier alpha value is -3.43. The largest absolute Gasteiger partial charge is 0.325 e. The van der Waals surface area contributed by atoms with Crippen molar-refractivity contribution in [3.63, 3.8) is 0 Å². The molecule has 2 aromatic heterocycles. The van der Waals surface area contributed by atoms with Crippen LogP contribution in [0.5, 0.6) is 0 Å². The lowest BCUT2D eigenvalue weighted by Gasteiger charge is -2.11. The summed E-state index contributed by atoms with van der Waals surface area (Å²) in [5.41, 5.74) is 1.55. The molecular formula is C23H21N5O2S2. The topological polar surface area (TPSA) is 88.9 Å². The zero-order valence-corrected chi connectivity index (χ0v) is 19.0. The van der Waals surface area contributed by atoms with Gasteiger partial charge in [-0.15, -0.1) is 21.5 Å². The van der Waals surface area contributed by atoms with Gasteiger partial charge in [0.15, 0.2) is 5.16 Å². The molecule has 2 aromatic carbocycles. The number of hydrogen-bond acceptors (Lipinski definition) is 6. The number of carbonyl (C=O) groups excluding carboxylic acids is 2. The number of aromatic nitrogens is 3. The fraction of sp³-hybridized carbons (Fsp3) is 0.130. The van der Waals surface area contributed by atoms with E-state index in [2.05, 4.69) is 26.9 Å². The summed E-state index contributed by atoms with van der Waals surface area (Å²) in [5.74, 6) is 0.488. The molecular weight excluding hydrogens is 442 g/mol. The molecule has 0 unspecified atom stereocenters. The Morgan fingerprint density at radius 3 is 2.53 bits per heavy atom. The zero-order chi connectivity index (χ0) is 22.3. The fourth-order valence-electron chi connectivity index (χ4n) is 3.02. The SMILES string of the molecule is Cn1c(Cc2cccs2)nnc1SCC(=O)Nc1ccccc1C(=O)Nc1ccccc1. The Labute approximate surface area is 193 Å². The van der Waals surface area contributed by atoms with Crippen molar-refractivity contribution in [1.29, 1.82) is 0 Å². The number of anilines is 2. The summed E-state index contributed by atoms with van der Waals surface area (Å²) in [5, 5.41) is 16.8. The first-order valence-electron chi connectivity index (χ1n) is 9.89. The molecule has 0 aliphatic carbocycles. The monoisotopic (exact) mass is 463 g/mol. The minimum Gasteiger partial charge on any atom is -0.325 e. The van der Waals surface area contributed by atoms with E-state index in [0.29, 0.717) is 28.5 Å². The first-order valence-corrected chi connectivity index (χ1v) is 11.8. The van der Waals surface area contributed by atoms with Gasteiger partial charge in [-0.25, -0.2) is 0 Å². The molecule has 7 nitrogen and oxygen atoms in total. The Morgan fingerprint density at radius 1 is 0.969 bits per heavy atom. The number of amides is 2. The number of nitrogens with zero attached hydrogens (tertiary/aromatic N) is 3. The molecule has 0 saturated heterocycles. The summed E-state index contributed by atoms with van der Waals surface area (Å²) in [4.78, 5) is 26.5. The first kappa shape index (κ1) is 21.8. The highest BCUT2D eigenvalue weighted by Gasteiger charge is 2.15. The summed E-state index contributed by atoms with van der Waals surface area (Å²) < 4.78 is 1.90. The second-order valence-electron chi connectivity index (χ2n) is 6.92. The molecule has 0 saturated carbocycles. The molecule has 0 atom stereocenters. The van der Waals surface area contributed by atoms with E-state index in [1.165, 1.54) is 16.6 Å². The van der Waals surface area contributed by atoms with Crippen LogP contribution in [-0.2, 0) is 18.3 Å². The van der Waals surface area contributed by atoms with Gasteiger partial charge in [-0.2, -0.15) is 0 Å². The number of para-hydroxylation sites is 2. The molecule has 2 heterocycles. The highest BCUT2D eigenvalue weighted by atomic mass is 32.2. The van der Waals surface area contributed by atoms with Crippen molar-refractivity contribution in [2.45, 2.75) is 11.6 Å². The van der Waals surface area contributed by atoms with Crippen molar-refractivity contribution in [3.05, 3.63) is 88.4 Å². The number of thiophene rings is 1. The molecule has 0 aliphatic heterocycles. The van der Waals surface area contributed by atoms with Crippen LogP contribution in [0.3, 0.4) is 0 Å². The van der Waals surface area contributed by atoms with Gasteiger partial charge in [0, 0.05) is 24.0 Å². The normalized spacial score (nSPS) is 10.7. The molecule has 0 radical (unpaired) electrons. The van der Waals surface area contributed by atoms with Crippen molar-refractivity contribution < 1.29 is 9.59 Å². The predicted octanol–water partition coefficient (Wildman–Crippen LogP) is 4.45. The van der Waals surface area contributed by atoms with Crippen LogP contribution in [0.25, 0.3) is 0 Å². The van der Waals surface area contributed by atoms with Crippen LogP contribution in [0.2, 0.25) is 0 Å². The smallest absolute Gasteiger partial charge is 0.257 e. The molecule has 0 aliphatic rings. The molecule has 0 fully saturated rings. The average Bonchev–Trinajstić information content (AvgIpc) is 3.44. The van der Waals surface area contributed by atoms with Crippen molar-refractivity contribution in [1.82, 2.24) is 14.8 Å². The molecule has 9 heteroatoms. The summed E-state index contributed by atoms with van der Waals surface area (Å²) in [7, 11) is 1.90. The number of carbonyl (C=O) groups is 2. The molecule has 4 rings (SSSR count). The molecule has 0 bridgehead atoms. The lowest BCUT2D eigenvalue weighted by Crippen LogP contribution is -2.19. The molecule has 4 aromatic rings. The molecule has 32 heavy (non-hydrogen) atoms. The van der Waals surface area contributed by atoms with E-state index in [0.717, 1.165) is 5.82 Å². The van der Waals surface area contributed by atoms with Crippen molar-refractivity contribution in [2.75, 3.05) is 16.4 Å². The van der Waals surface area contributed by atoms with E-state index in [-0.39, 0.29) is 17.6 Å². The minimum atomic E-state index is -0.286. The van der Waals surface area contributed by atoms with Crippen LogP contribution in [0.15, 0.2) is 77.3 Å². The quantitative estimate of drug-likeness (QED) is 0.377. The zero-order valence-electron chi connectivity index (χ0n) is 17.3. The standard InChI is InChI=1S/C23H21N5O2S2/c1-28-20(14-17-10-7-13-31-17)26-27-23(28)32-15-21(29)25-19-12-6-5-11-18(19)22(30)24-16-8-3-2-4-9-16/h2-13H,14-15H2,1H3,(H,24,30)(H,25,29). The highest BCUT2D eigenvalue weighted by molar-refractivity contribution is 7.99. The van der Waals surface area contributed by atoms with Crippen LogP contribution in [0, 0.1) is 0 Å². The summed E-state index contributed by atoms with van der Waals surface area (Å²) in [6, 6.07) is 20.2. The maximum Gasteiger partial charge on any atom is 0.257 e.